The summed E-state index contributed by atoms with van der Waals surface area (Å²) in [6, 6.07) is 14.9. The zero-order valence-electron chi connectivity index (χ0n) is 41.6. The van der Waals surface area contributed by atoms with Crippen molar-refractivity contribution in [3.8, 4) is 27.4 Å². The maximum Gasteiger partial charge on any atom is 0.246 e. The maximum absolute atomic E-state index is 14.1. The van der Waals surface area contributed by atoms with Crippen LogP contribution < -0.4 is 21.3 Å². The second-order valence-electron chi connectivity index (χ2n) is 20.6. The first-order valence-electron chi connectivity index (χ1n) is 25.2. The Labute approximate surface area is 416 Å². The van der Waals surface area contributed by atoms with Crippen LogP contribution in [0.4, 0.5) is 11.5 Å². The van der Waals surface area contributed by atoms with Crippen molar-refractivity contribution < 1.29 is 34.1 Å². The number of unbranched alkanes of at least 4 members (excludes halogenated alkanes) is 7. The molecule has 0 bridgehead atoms. The van der Waals surface area contributed by atoms with Gasteiger partial charge in [-0.2, -0.15) is 0 Å². The van der Waals surface area contributed by atoms with Crippen molar-refractivity contribution in [2.24, 2.45) is 5.41 Å². The normalized spacial score (nSPS) is 19.0. The first-order chi connectivity index (χ1) is 33.5. The summed E-state index contributed by atoms with van der Waals surface area (Å²) < 4.78 is 6.35. The third-order valence-electron chi connectivity index (χ3n) is 14.2. The molecule has 7 rings (SSSR count). The Morgan fingerprint density at radius 1 is 0.914 bits per heavy atom. The van der Waals surface area contributed by atoms with Crippen LogP contribution in [-0.2, 0) is 23.9 Å². The highest BCUT2D eigenvalue weighted by atomic mass is 32.1. The predicted molar refractivity (Wildman–Crippen MR) is 273 cm³/mol. The van der Waals surface area contributed by atoms with Gasteiger partial charge in [0.25, 0.3) is 0 Å². The molecule has 3 aliphatic heterocycles. The van der Waals surface area contributed by atoms with Crippen LogP contribution in [0.1, 0.15) is 128 Å². The Morgan fingerprint density at radius 3 is 2.24 bits per heavy atom. The molecule has 378 valence electrons. The number of ether oxygens (including phenoxy) is 1. The van der Waals surface area contributed by atoms with Gasteiger partial charge in [-0.15, -0.1) is 21.5 Å². The van der Waals surface area contributed by atoms with E-state index in [1.807, 2.05) is 81.4 Å². The van der Waals surface area contributed by atoms with Gasteiger partial charge in [0.15, 0.2) is 5.82 Å². The molecule has 16 nitrogen and oxygen atoms in total. The van der Waals surface area contributed by atoms with Gasteiger partial charge in [-0.3, -0.25) is 19.2 Å². The molecule has 4 amide bonds. The summed E-state index contributed by atoms with van der Waals surface area (Å²) in [5, 5.41) is 35.5. The van der Waals surface area contributed by atoms with E-state index in [0.717, 1.165) is 85.2 Å². The second kappa shape index (κ2) is 23.5. The summed E-state index contributed by atoms with van der Waals surface area (Å²) in [5.74, 6) is -0.247. The first-order valence-corrected chi connectivity index (χ1v) is 26.1. The summed E-state index contributed by atoms with van der Waals surface area (Å²) >= 11 is 1.58. The number of phenols is 1. The van der Waals surface area contributed by atoms with Crippen molar-refractivity contribution in [2.45, 2.75) is 148 Å². The molecule has 17 heteroatoms. The number of carbonyl (C=O) groups excluding carboxylic acids is 4. The molecule has 4 aromatic rings. The number of phenolic OH excluding ortho intramolecular Hbond substituents is 1. The number of morpholine rings is 1. The summed E-state index contributed by atoms with van der Waals surface area (Å²) in [5.41, 5.74) is 12.0. The Morgan fingerprint density at radius 2 is 1.59 bits per heavy atom. The number of anilines is 2. The smallest absolute Gasteiger partial charge is 0.246 e. The largest absolute Gasteiger partial charge is 0.507 e. The molecular formula is C53H73N9O7S. The lowest BCUT2D eigenvalue weighted by Gasteiger charge is -2.47. The molecule has 1 spiro atoms. The Balaban J connectivity index is 0.768. The van der Waals surface area contributed by atoms with Gasteiger partial charge in [-0.1, -0.05) is 95.7 Å². The number of likely N-dealkylation sites (tertiary alicyclic amines) is 1. The molecule has 6 N–H and O–H groups in total. The van der Waals surface area contributed by atoms with E-state index >= 15 is 0 Å². The lowest BCUT2D eigenvalue weighted by Crippen LogP contribution is -2.58. The standard InChI is InChI=1S/C53H73N9O7S/c1-35(37-20-22-38(23-21-37)47-36(2)55-34-70-47)56-50(67)43-30-39(63)32-62(43)51(68)48(52(3,4)5)57-45(65)18-12-10-8-6-7-9-11-13-19-46(66)61-28-29-69-53(33-61)24-26-60(27-25-53)42-31-41(58-59-49(42)54)40-16-14-15-17-44(40)64/h14-17,20-23,31,34-35,39,43,48,63-64H,6-13,18-19,24-30,32-33H2,1-5H3,(H2,54,59)(H,56,67)(H,57,65)/t35-,39+,43-,48+/m0/s1. The average Bonchev–Trinajstić information content (AvgIpc) is 3.96. The Kier molecular flexibility index (Phi) is 17.5. The molecule has 0 radical (unpaired) electrons. The van der Waals surface area contributed by atoms with Crippen molar-refractivity contribution in [1.82, 2.24) is 35.6 Å². The van der Waals surface area contributed by atoms with Crippen molar-refractivity contribution in [2.75, 3.05) is 50.0 Å². The highest BCUT2D eigenvalue weighted by Crippen LogP contribution is 2.37. The number of nitrogens with two attached hydrogens (primary N) is 1. The van der Waals surface area contributed by atoms with Crippen LogP contribution in [0.3, 0.4) is 0 Å². The van der Waals surface area contributed by atoms with Gasteiger partial charge in [0.1, 0.15) is 17.8 Å². The number of rotatable bonds is 19. The summed E-state index contributed by atoms with van der Waals surface area (Å²) in [6.07, 6.45) is 9.23. The van der Waals surface area contributed by atoms with Crippen LogP contribution in [0.5, 0.6) is 5.75 Å². The van der Waals surface area contributed by atoms with Crippen molar-refractivity contribution >= 4 is 46.5 Å². The van der Waals surface area contributed by atoms with Gasteiger partial charge in [-0.05, 0) is 74.3 Å². The van der Waals surface area contributed by atoms with Crippen LogP contribution in [-0.4, -0.2) is 122 Å². The summed E-state index contributed by atoms with van der Waals surface area (Å²) in [6.45, 7) is 12.7. The molecular weight excluding hydrogens is 907 g/mol. The van der Waals surface area contributed by atoms with E-state index in [9.17, 15) is 29.4 Å². The van der Waals surface area contributed by atoms with Crippen LogP contribution in [0.15, 0.2) is 60.1 Å². The molecule has 5 heterocycles. The summed E-state index contributed by atoms with van der Waals surface area (Å²) in [7, 11) is 0. The highest BCUT2D eigenvalue weighted by molar-refractivity contribution is 7.13. The number of piperidine rings is 1. The minimum Gasteiger partial charge on any atom is -0.507 e. The number of para-hydroxylation sites is 1. The number of aliphatic hydroxyl groups is 1. The van der Waals surface area contributed by atoms with Gasteiger partial charge in [-0.25, -0.2) is 4.98 Å². The zero-order valence-corrected chi connectivity index (χ0v) is 42.4. The van der Waals surface area contributed by atoms with E-state index < -0.39 is 23.6 Å². The lowest BCUT2D eigenvalue weighted by atomic mass is 9.85. The molecule has 0 unspecified atom stereocenters. The number of nitrogens with one attached hydrogen (secondary N) is 2. The van der Waals surface area contributed by atoms with E-state index in [4.69, 9.17) is 10.5 Å². The van der Waals surface area contributed by atoms with Crippen molar-refractivity contribution in [3.05, 3.63) is 71.4 Å². The first kappa shape index (κ1) is 52.2. The fourth-order valence-electron chi connectivity index (χ4n) is 10.0. The number of thiazole rings is 1. The molecule has 0 saturated carbocycles. The fraction of sp³-hybridized carbons (Fsp3) is 0.566. The number of hydrogen-bond acceptors (Lipinski definition) is 13. The van der Waals surface area contributed by atoms with Gasteiger partial charge in [0, 0.05) is 57.5 Å². The average molecular weight is 980 g/mol. The molecule has 2 aromatic carbocycles. The van der Waals surface area contributed by atoms with Gasteiger partial charge in [0.2, 0.25) is 23.6 Å². The Hall–Kier alpha value is -5.65. The molecule has 3 fully saturated rings. The molecule has 2 aromatic heterocycles. The van der Waals surface area contributed by atoms with Crippen LogP contribution >= 0.6 is 11.3 Å². The lowest BCUT2D eigenvalue weighted by molar-refractivity contribution is -0.154. The van der Waals surface area contributed by atoms with E-state index in [2.05, 4.69) is 30.7 Å². The van der Waals surface area contributed by atoms with E-state index in [1.165, 1.54) is 4.90 Å². The third-order valence-corrected chi connectivity index (χ3v) is 15.2. The number of benzene rings is 2. The number of aromatic nitrogens is 3. The SMILES string of the molecule is Cc1ncsc1-c1ccc([C@H](C)NC(=O)[C@@H]2C[C@@H](O)CN2C(=O)[C@@H](NC(=O)CCCCCCCCCCC(=O)N2CCOC3(CCN(c4cc(-c5ccccc5O)nnc4N)CC3)C2)C(C)(C)C)cc1. The number of aliphatic hydroxyl groups excluding tert-OH is 1. The molecule has 3 aliphatic rings. The number of amides is 4. The minimum atomic E-state index is -0.862. The van der Waals surface area contributed by atoms with Gasteiger partial charge >= 0.3 is 0 Å². The zero-order chi connectivity index (χ0) is 50.0. The summed E-state index contributed by atoms with van der Waals surface area (Å²) in [4.78, 5) is 65.4. The quantitative estimate of drug-likeness (QED) is 0.0584. The van der Waals surface area contributed by atoms with E-state index in [0.29, 0.717) is 69.1 Å². The number of nitrogens with zero attached hydrogens (tertiary/aromatic N) is 6. The van der Waals surface area contributed by atoms with Crippen LogP contribution in [0.2, 0.25) is 0 Å². The molecule has 4 atom stereocenters. The van der Waals surface area contributed by atoms with E-state index in [-0.39, 0.29) is 54.0 Å². The number of aromatic hydroxyl groups is 1. The number of aryl methyl sites for hydroxylation is 1. The molecule has 70 heavy (non-hydrogen) atoms. The number of hydrogen-bond donors (Lipinski definition) is 5. The molecule has 3 saturated heterocycles. The van der Waals surface area contributed by atoms with Crippen LogP contribution in [0, 0.1) is 12.3 Å². The number of β-amino-alcohol motifs (C(OH)–C–C–N with tert-alkyl or cyclic N) is 1. The van der Waals surface area contributed by atoms with Crippen LogP contribution in [0.25, 0.3) is 21.7 Å². The van der Waals surface area contributed by atoms with E-state index in [1.54, 1.807) is 29.5 Å². The maximum atomic E-state index is 14.1. The fourth-order valence-corrected chi connectivity index (χ4v) is 10.8. The monoisotopic (exact) mass is 980 g/mol. The van der Waals surface area contributed by atoms with Crippen molar-refractivity contribution in [3.63, 3.8) is 0 Å². The highest BCUT2D eigenvalue weighted by Gasteiger charge is 2.45. The van der Waals surface area contributed by atoms with Crippen molar-refractivity contribution in [1.29, 1.82) is 0 Å². The Bertz CT molecular complexity index is 2420. The second-order valence-corrected chi connectivity index (χ2v) is 21.4. The topological polar surface area (TPSA) is 216 Å². The molecule has 0 aliphatic carbocycles. The number of nitrogen functional groups attached to an aromatic ring is 1. The predicted octanol–water partition coefficient (Wildman–Crippen LogP) is 7.33. The van der Waals surface area contributed by atoms with Gasteiger partial charge in [0.05, 0.1) is 51.8 Å². The third kappa shape index (κ3) is 13.2. The van der Waals surface area contributed by atoms with Gasteiger partial charge < -0.3 is 46.0 Å². The number of carbonyl (C=O) groups is 4. The minimum absolute atomic E-state index is 0.0244.